The molecule has 0 aliphatic rings. The number of hydrogen-bond acceptors (Lipinski definition) is 2. The Bertz CT molecular complexity index is 598. The van der Waals surface area contributed by atoms with Crippen LogP contribution < -0.4 is 0 Å². The van der Waals surface area contributed by atoms with Crippen LogP contribution >= 0.6 is 0 Å². The summed E-state index contributed by atoms with van der Waals surface area (Å²) in [5.41, 5.74) is 0.144. The summed E-state index contributed by atoms with van der Waals surface area (Å²) in [5.74, 6) is -0.284. The molecule has 0 atom stereocenters. The summed E-state index contributed by atoms with van der Waals surface area (Å²) in [4.78, 5) is 0. The van der Waals surface area contributed by atoms with Crippen molar-refractivity contribution in [1.82, 2.24) is 0 Å². The molecule has 0 bridgehead atoms. The van der Waals surface area contributed by atoms with Gasteiger partial charge in [0.15, 0.2) is 0 Å². The second kappa shape index (κ2) is 9.59. The predicted octanol–water partition coefficient (Wildman–Crippen LogP) is 4.99. The number of aromatic hydroxyl groups is 2. The van der Waals surface area contributed by atoms with Crippen LogP contribution in [0.25, 0.3) is 0 Å². The summed E-state index contributed by atoms with van der Waals surface area (Å²) >= 11 is 0. The van der Waals surface area contributed by atoms with Gasteiger partial charge in [0.1, 0.15) is 11.5 Å². The van der Waals surface area contributed by atoms with Crippen molar-refractivity contribution in [3.63, 3.8) is 0 Å². The molecule has 2 aromatic rings. The van der Waals surface area contributed by atoms with E-state index in [0.717, 1.165) is 12.1 Å². The smallest absolute Gasteiger partial charge is 0.393 e. The maximum absolute atomic E-state index is 11.8. The molecule has 0 radical (unpaired) electrons. The summed E-state index contributed by atoms with van der Waals surface area (Å²) in [6.45, 7) is 0. The molecule has 0 spiro atoms. The molecular weight excluding hydrogens is 390 g/mol. The maximum atomic E-state index is 11.8. The van der Waals surface area contributed by atoms with E-state index in [1.54, 1.807) is 0 Å². The van der Waals surface area contributed by atoms with Crippen LogP contribution in [-0.2, 0) is 30.2 Å². The van der Waals surface area contributed by atoms with Crippen molar-refractivity contribution in [2.75, 3.05) is 0 Å². The molecule has 0 fully saturated rings. The molecule has 2 nitrogen and oxygen atoms in total. The van der Waals surface area contributed by atoms with Gasteiger partial charge in [0.05, 0.1) is 12.8 Å². The summed E-state index contributed by atoms with van der Waals surface area (Å²) in [7, 11) is 0. The topological polar surface area (TPSA) is 40.5 Å². The molecule has 2 aromatic carbocycles. The van der Waals surface area contributed by atoms with Crippen molar-refractivity contribution >= 4 is 0 Å². The van der Waals surface area contributed by atoms with Crippen molar-refractivity contribution in [1.29, 1.82) is 0 Å². The van der Waals surface area contributed by atoms with Crippen LogP contribution in [0.1, 0.15) is 11.1 Å². The van der Waals surface area contributed by atoms with Gasteiger partial charge < -0.3 is 10.2 Å². The predicted molar refractivity (Wildman–Crippen MR) is 75.7 cm³/mol. The van der Waals surface area contributed by atoms with E-state index in [1.165, 1.54) is 36.4 Å². The average molecular weight is 404 g/mol. The fraction of sp³-hybridized carbons (Fsp3) is 0.250. The van der Waals surface area contributed by atoms with Gasteiger partial charge in [-0.1, -0.05) is 24.3 Å². The van der Waals surface area contributed by atoms with Gasteiger partial charge in [-0.3, -0.25) is 0 Å². The SMILES string of the molecule is Oc1cccc(CC(F)(F)F)c1.Oc1cccc(CC(F)(F)F)c1.[Cr]. The Balaban J connectivity index is 0.000000443. The van der Waals surface area contributed by atoms with Gasteiger partial charge in [-0.05, 0) is 35.4 Å². The first-order valence-electron chi connectivity index (χ1n) is 6.64. The van der Waals surface area contributed by atoms with E-state index in [0.29, 0.717) is 0 Å². The maximum Gasteiger partial charge on any atom is 0.393 e. The monoisotopic (exact) mass is 404 g/mol. The van der Waals surface area contributed by atoms with E-state index in [9.17, 15) is 26.3 Å². The number of rotatable bonds is 2. The minimum absolute atomic E-state index is 0. The Morgan fingerprint density at radius 3 is 1.20 bits per heavy atom. The van der Waals surface area contributed by atoms with Crippen molar-refractivity contribution < 1.29 is 53.9 Å². The fourth-order valence-electron chi connectivity index (χ4n) is 1.80. The standard InChI is InChI=1S/2C8H7F3O.Cr/c2*9-8(10,11)5-6-2-1-3-7(12)4-6;/h2*1-4,12H,5H2;. The van der Waals surface area contributed by atoms with Gasteiger partial charge in [-0.25, -0.2) is 0 Å². The molecule has 0 aromatic heterocycles. The second-order valence-electron chi connectivity index (χ2n) is 4.92. The third-order valence-corrected chi connectivity index (χ3v) is 2.63. The van der Waals surface area contributed by atoms with Crippen molar-refractivity contribution in [3.8, 4) is 11.5 Å². The third-order valence-electron chi connectivity index (χ3n) is 2.63. The van der Waals surface area contributed by atoms with Crippen molar-refractivity contribution in [3.05, 3.63) is 59.7 Å². The zero-order valence-electron chi connectivity index (χ0n) is 12.6. The third kappa shape index (κ3) is 11.4. The first-order valence-corrected chi connectivity index (χ1v) is 6.64. The van der Waals surface area contributed by atoms with E-state index in [1.807, 2.05) is 0 Å². The summed E-state index contributed by atoms with van der Waals surface area (Å²) in [6.07, 6.45) is -10.4. The molecule has 25 heavy (non-hydrogen) atoms. The van der Waals surface area contributed by atoms with Gasteiger partial charge in [0.2, 0.25) is 0 Å². The molecule has 0 heterocycles. The Kier molecular flexibility index (Phi) is 8.88. The van der Waals surface area contributed by atoms with E-state index in [2.05, 4.69) is 0 Å². The Hall–Kier alpha value is -1.85. The summed E-state index contributed by atoms with van der Waals surface area (Å²) in [6, 6.07) is 10.3. The van der Waals surface area contributed by atoms with E-state index in [4.69, 9.17) is 10.2 Å². The molecule has 138 valence electrons. The average Bonchev–Trinajstić information content (AvgIpc) is 2.35. The van der Waals surface area contributed by atoms with Crippen molar-refractivity contribution in [2.24, 2.45) is 0 Å². The van der Waals surface area contributed by atoms with E-state index in [-0.39, 0.29) is 40.0 Å². The molecular formula is C16H14CrF6O2. The molecule has 0 saturated heterocycles. The van der Waals surface area contributed by atoms with Crippen LogP contribution in [0.15, 0.2) is 48.5 Å². The first kappa shape index (κ1) is 23.2. The molecule has 0 saturated carbocycles. The van der Waals surface area contributed by atoms with Crippen LogP contribution in [0.4, 0.5) is 26.3 Å². The van der Waals surface area contributed by atoms with Gasteiger partial charge in [0, 0.05) is 17.4 Å². The van der Waals surface area contributed by atoms with E-state index < -0.39 is 25.2 Å². The molecule has 2 rings (SSSR count). The van der Waals surface area contributed by atoms with Gasteiger partial charge in [0.25, 0.3) is 0 Å². The summed E-state index contributed by atoms with van der Waals surface area (Å²) < 4.78 is 70.7. The van der Waals surface area contributed by atoms with E-state index >= 15 is 0 Å². The molecule has 0 aliphatic carbocycles. The second-order valence-corrected chi connectivity index (χ2v) is 4.92. The first-order chi connectivity index (χ1) is 10.9. The quantitative estimate of drug-likeness (QED) is 0.693. The zero-order valence-corrected chi connectivity index (χ0v) is 13.9. The summed E-state index contributed by atoms with van der Waals surface area (Å²) in [5, 5.41) is 17.7. The number of phenols is 2. The number of halogens is 6. The Morgan fingerprint density at radius 2 is 0.960 bits per heavy atom. The van der Waals surface area contributed by atoms with Crippen molar-refractivity contribution in [2.45, 2.75) is 25.2 Å². The van der Waals surface area contributed by atoms with Gasteiger partial charge in [-0.15, -0.1) is 0 Å². The normalized spacial score (nSPS) is 11.1. The molecule has 9 heteroatoms. The van der Waals surface area contributed by atoms with Gasteiger partial charge >= 0.3 is 12.4 Å². The molecule has 0 aliphatic heterocycles. The minimum atomic E-state index is -4.21. The largest absolute Gasteiger partial charge is 0.508 e. The number of benzene rings is 2. The number of alkyl halides is 6. The molecule has 2 N–H and O–H groups in total. The van der Waals surface area contributed by atoms with Crippen LogP contribution in [-0.4, -0.2) is 22.6 Å². The minimum Gasteiger partial charge on any atom is -0.508 e. The Labute approximate surface area is 150 Å². The van der Waals surface area contributed by atoms with Crippen LogP contribution in [0.2, 0.25) is 0 Å². The zero-order chi connectivity index (χ0) is 18.4. The van der Waals surface area contributed by atoms with Crippen LogP contribution in [0.3, 0.4) is 0 Å². The number of hydrogen-bond donors (Lipinski definition) is 2. The van der Waals surface area contributed by atoms with Crippen LogP contribution in [0, 0.1) is 0 Å². The molecule has 0 unspecified atom stereocenters. The Morgan fingerprint density at radius 1 is 0.640 bits per heavy atom. The number of phenolic OH excluding ortho intramolecular Hbond substituents is 2. The van der Waals surface area contributed by atoms with Gasteiger partial charge in [-0.2, -0.15) is 26.3 Å². The molecule has 0 amide bonds. The fourth-order valence-corrected chi connectivity index (χ4v) is 1.80. The van der Waals surface area contributed by atoms with Crippen LogP contribution in [0.5, 0.6) is 11.5 Å².